The lowest BCUT2D eigenvalue weighted by atomic mass is 9.70. The zero-order valence-corrected chi connectivity index (χ0v) is 13.5. The molecule has 0 bridgehead atoms. The Kier molecular flexibility index (Phi) is 4.34. The van der Waals surface area contributed by atoms with Gasteiger partial charge in [0.2, 0.25) is 0 Å². The van der Waals surface area contributed by atoms with Gasteiger partial charge in [0, 0.05) is 10.5 Å². The molecule has 0 radical (unpaired) electrons. The minimum Gasteiger partial charge on any atom is -0.349 e. The van der Waals surface area contributed by atoms with Crippen molar-refractivity contribution in [1.29, 1.82) is 0 Å². The summed E-state index contributed by atoms with van der Waals surface area (Å²) in [6.07, 6.45) is 3.39. The van der Waals surface area contributed by atoms with Gasteiger partial charge in [0.25, 0.3) is 5.91 Å². The van der Waals surface area contributed by atoms with E-state index >= 15 is 0 Å². The molecule has 1 fully saturated rings. The lowest BCUT2D eigenvalue weighted by Gasteiger charge is -2.39. The molecule has 1 aliphatic rings. The fourth-order valence-electron chi connectivity index (χ4n) is 3.36. The minimum atomic E-state index is 0.0300. The van der Waals surface area contributed by atoms with Crippen molar-refractivity contribution in [3.05, 3.63) is 34.3 Å². The summed E-state index contributed by atoms with van der Waals surface area (Å²) >= 11 is 3.44. The average molecular weight is 324 g/mol. The van der Waals surface area contributed by atoms with Crippen LogP contribution in [0.3, 0.4) is 0 Å². The van der Waals surface area contributed by atoms with Crippen LogP contribution in [0.2, 0.25) is 0 Å². The first-order valence-electron chi connectivity index (χ1n) is 6.93. The quantitative estimate of drug-likeness (QED) is 0.859. The predicted molar refractivity (Wildman–Crippen MR) is 82.2 cm³/mol. The summed E-state index contributed by atoms with van der Waals surface area (Å²) in [5, 5.41) is 3.19. The number of hydrogen-bond donors (Lipinski definition) is 1. The van der Waals surface area contributed by atoms with Crippen LogP contribution >= 0.6 is 15.9 Å². The number of carbonyl (C=O) groups excluding carboxylic acids is 1. The van der Waals surface area contributed by atoms with E-state index in [0.29, 0.717) is 17.4 Å². The molecule has 0 spiro atoms. The Morgan fingerprint density at radius 2 is 2.00 bits per heavy atom. The molecule has 0 aliphatic heterocycles. The molecule has 1 N–H and O–H groups in total. The Labute approximate surface area is 124 Å². The summed E-state index contributed by atoms with van der Waals surface area (Å²) in [4.78, 5) is 12.3. The highest BCUT2D eigenvalue weighted by molar-refractivity contribution is 9.10. The van der Waals surface area contributed by atoms with E-state index in [1.165, 1.54) is 6.42 Å². The first-order valence-corrected chi connectivity index (χ1v) is 7.72. The second kappa shape index (κ2) is 5.66. The van der Waals surface area contributed by atoms with E-state index in [-0.39, 0.29) is 5.91 Å². The Balaban J connectivity index is 2.05. The van der Waals surface area contributed by atoms with Crippen molar-refractivity contribution in [3.8, 4) is 0 Å². The van der Waals surface area contributed by atoms with Gasteiger partial charge in [0.05, 0.1) is 5.56 Å². The maximum atomic E-state index is 12.3. The van der Waals surface area contributed by atoms with Gasteiger partial charge in [-0.1, -0.05) is 32.9 Å². The molecule has 2 nitrogen and oxygen atoms in total. The molecule has 2 rings (SSSR count). The summed E-state index contributed by atoms with van der Waals surface area (Å²) in [6, 6.07) is 7.87. The van der Waals surface area contributed by atoms with Crippen molar-refractivity contribution in [2.75, 3.05) is 0 Å². The van der Waals surface area contributed by atoms with E-state index in [1.807, 2.05) is 24.3 Å². The van der Waals surface area contributed by atoms with Crippen LogP contribution in [0.1, 0.15) is 50.4 Å². The van der Waals surface area contributed by atoms with Crippen molar-refractivity contribution < 1.29 is 4.79 Å². The second-order valence-corrected chi connectivity index (χ2v) is 7.42. The van der Waals surface area contributed by atoms with E-state index in [2.05, 4.69) is 42.0 Å². The summed E-state index contributed by atoms with van der Waals surface area (Å²) < 4.78 is 0.857. The Bertz CT molecular complexity index is 470. The van der Waals surface area contributed by atoms with Gasteiger partial charge in [-0.05, 0) is 58.7 Å². The number of hydrogen-bond acceptors (Lipinski definition) is 1. The first kappa shape index (κ1) is 14.6. The Hall–Kier alpha value is -0.830. The molecule has 1 saturated carbocycles. The van der Waals surface area contributed by atoms with Crippen LogP contribution in [0, 0.1) is 11.3 Å². The number of amides is 1. The highest BCUT2D eigenvalue weighted by Gasteiger charge is 2.32. The van der Waals surface area contributed by atoms with Crippen LogP contribution in [0.5, 0.6) is 0 Å². The van der Waals surface area contributed by atoms with Crippen LogP contribution in [0.4, 0.5) is 0 Å². The smallest absolute Gasteiger partial charge is 0.252 e. The molecule has 2 atom stereocenters. The van der Waals surface area contributed by atoms with E-state index in [4.69, 9.17) is 0 Å². The summed E-state index contributed by atoms with van der Waals surface area (Å²) in [5.41, 5.74) is 1.04. The van der Waals surface area contributed by atoms with Gasteiger partial charge in [0.1, 0.15) is 0 Å². The molecule has 1 aromatic rings. The number of halogens is 1. The van der Waals surface area contributed by atoms with Crippen molar-refractivity contribution >= 4 is 21.8 Å². The molecule has 3 heteroatoms. The van der Waals surface area contributed by atoms with Crippen LogP contribution in [0.15, 0.2) is 28.7 Å². The van der Waals surface area contributed by atoms with Crippen molar-refractivity contribution in [3.63, 3.8) is 0 Å². The van der Waals surface area contributed by atoms with Gasteiger partial charge in [-0.15, -0.1) is 0 Å². The second-order valence-electron chi connectivity index (χ2n) is 6.56. The monoisotopic (exact) mass is 323 g/mol. The largest absolute Gasteiger partial charge is 0.349 e. The fourth-order valence-corrected chi connectivity index (χ4v) is 3.83. The predicted octanol–water partition coefficient (Wildman–Crippen LogP) is 4.39. The topological polar surface area (TPSA) is 29.1 Å². The van der Waals surface area contributed by atoms with Gasteiger partial charge in [-0.3, -0.25) is 4.79 Å². The van der Waals surface area contributed by atoms with Gasteiger partial charge < -0.3 is 5.32 Å². The zero-order chi connectivity index (χ0) is 14.0. The molecule has 104 valence electrons. The van der Waals surface area contributed by atoms with E-state index < -0.39 is 0 Å². The highest BCUT2D eigenvalue weighted by Crippen LogP contribution is 2.38. The summed E-state index contributed by atoms with van der Waals surface area (Å²) in [6.45, 7) is 6.86. The standard InChI is InChI=1S/C16H22BrNO/c1-11-8-12(10-16(2,3)9-11)18-15(19)13-6-4-5-7-14(13)17/h4-7,11-12H,8-10H2,1-3H3,(H,18,19)/t11-,12-/m0/s1. The van der Waals surface area contributed by atoms with E-state index in [1.54, 1.807) is 0 Å². The fraction of sp³-hybridized carbons (Fsp3) is 0.562. The molecule has 1 amide bonds. The average Bonchev–Trinajstić information content (AvgIpc) is 2.26. The van der Waals surface area contributed by atoms with Crippen molar-refractivity contribution in [2.24, 2.45) is 11.3 Å². The van der Waals surface area contributed by atoms with Crippen LogP contribution in [0.25, 0.3) is 0 Å². The molecule has 1 aliphatic carbocycles. The van der Waals surface area contributed by atoms with Crippen LogP contribution in [-0.2, 0) is 0 Å². The normalized spacial score (nSPS) is 25.9. The van der Waals surface area contributed by atoms with E-state index in [9.17, 15) is 4.79 Å². The van der Waals surface area contributed by atoms with Gasteiger partial charge in [0.15, 0.2) is 0 Å². The molecule has 0 heterocycles. The Morgan fingerprint density at radius 3 is 2.63 bits per heavy atom. The first-order chi connectivity index (χ1) is 8.87. The number of rotatable bonds is 2. The van der Waals surface area contributed by atoms with Crippen molar-refractivity contribution in [1.82, 2.24) is 5.32 Å². The van der Waals surface area contributed by atoms with Crippen LogP contribution < -0.4 is 5.32 Å². The summed E-state index contributed by atoms with van der Waals surface area (Å²) in [5.74, 6) is 0.704. The summed E-state index contributed by atoms with van der Waals surface area (Å²) in [7, 11) is 0. The molecular formula is C16H22BrNO. The molecule has 0 aromatic heterocycles. The maximum absolute atomic E-state index is 12.3. The molecular weight excluding hydrogens is 302 g/mol. The molecule has 0 unspecified atom stereocenters. The van der Waals surface area contributed by atoms with Gasteiger partial charge in [-0.2, -0.15) is 0 Å². The van der Waals surface area contributed by atoms with Gasteiger partial charge >= 0.3 is 0 Å². The Morgan fingerprint density at radius 1 is 1.32 bits per heavy atom. The minimum absolute atomic E-state index is 0.0300. The third kappa shape index (κ3) is 3.82. The molecule has 19 heavy (non-hydrogen) atoms. The maximum Gasteiger partial charge on any atom is 0.252 e. The third-order valence-electron chi connectivity index (χ3n) is 3.84. The third-order valence-corrected chi connectivity index (χ3v) is 4.53. The molecule has 1 aromatic carbocycles. The highest BCUT2D eigenvalue weighted by atomic mass is 79.9. The number of nitrogens with one attached hydrogen (secondary N) is 1. The van der Waals surface area contributed by atoms with E-state index in [0.717, 1.165) is 22.9 Å². The lowest BCUT2D eigenvalue weighted by molar-refractivity contribution is 0.0873. The number of carbonyl (C=O) groups is 1. The number of benzene rings is 1. The SMILES string of the molecule is C[C@H]1C[C@H](NC(=O)c2ccccc2Br)CC(C)(C)C1. The molecule has 0 saturated heterocycles. The zero-order valence-electron chi connectivity index (χ0n) is 11.9. The lowest BCUT2D eigenvalue weighted by Crippen LogP contribution is -2.43. The van der Waals surface area contributed by atoms with Crippen LogP contribution in [-0.4, -0.2) is 11.9 Å². The van der Waals surface area contributed by atoms with Crippen molar-refractivity contribution in [2.45, 2.75) is 46.1 Å². The van der Waals surface area contributed by atoms with Gasteiger partial charge in [-0.25, -0.2) is 0 Å².